The molecule has 3 heterocycles. The van der Waals surface area contributed by atoms with Crippen LogP contribution in [0.2, 0.25) is 0 Å². The van der Waals surface area contributed by atoms with Crippen LogP contribution in [0.4, 0.5) is 5.69 Å². The van der Waals surface area contributed by atoms with E-state index in [4.69, 9.17) is 4.74 Å². The lowest BCUT2D eigenvalue weighted by molar-refractivity contribution is -0.137. The molecule has 7 heteroatoms. The first-order chi connectivity index (χ1) is 15.5. The number of anilines is 1. The molecule has 2 N–H and O–H groups in total. The number of hydrogen-bond donors (Lipinski definition) is 2. The van der Waals surface area contributed by atoms with Gasteiger partial charge in [-0.25, -0.2) is 0 Å². The van der Waals surface area contributed by atoms with Crippen LogP contribution in [0, 0.1) is 13.8 Å². The second-order valence-electron chi connectivity index (χ2n) is 9.36. The van der Waals surface area contributed by atoms with Crippen molar-refractivity contribution >= 4 is 11.6 Å². The number of aryl methyl sites for hydroxylation is 2. The Morgan fingerprint density at radius 1 is 1.28 bits per heavy atom. The number of piperidine rings is 1. The summed E-state index contributed by atoms with van der Waals surface area (Å²) in [6, 6.07) is 11.1. The maximum atomic E-state index is 12.8. The first kappa shape index (κ1) is 23.0. The maximum Gasteiger partial charge on any atom is 0.238 e. The smallest absolute Gasteiger partial charge is 0.238 e. The van der Waals surface area contributed by atoms with E-state index in [2.05, 4.69) is 62.6 Å². The molecule has 1 aromatic heterocycles. The van der Waals surface area contributed by atoms with Crippen LogP contribution in [0.5, 0.6) is 0 Å². The standard InChI is InChI=1S/C25H37N5O2/c1-4-30(18-23(31)26-24-19(2)27-28-20(24)3)22-10-15-32-25(16-22)11-13-29(14-12-25)17-21-8-6-5-7-9-21/h5-9,22H,4,10-18H2,1-3H3,(H,26,31)(H,27,28). The summed E-state index contributed by atoms with van der Waals surface area (Å²) in [7, 11) is 0. The number of rotatable bonds is 7. The van der Waals surface area contributed by atoms with Crippen LogP contribution < -0.4 is 5.32 Å². The normalized spacial score (nSPS) is 21.2. The van der Waals surface area contributed by atoms with Crippen molar-refractivity contribution in [2.24, 2.45) is 0 Å². The lowest BCUT2D eigenvalue weighted by Crippen LogP contribution is -2.54. The van der Waals surface area contributed by atoms with Gasteiger partial charge in [0, 0.05) is 32.3 Å². The van der Waals surface area contributed by atoms with Crippen molar-refractivity contribution in [2.75, 3.05) is 38.1 Å². The Morgan fingerprint density at radius 3 is 2.69 bits per heavy atom. The molecule has 0 saturated carbocycles. The third-order valence-corrected chi connectivity index (χ3v) is 7.15. The molecular weight excluding hydrogens is 402 g/mol. The van der Waals surface area contributed by atoms with Gasteiger partial charge in [0.2, 0.25) is 5.91 Å². The van der Waals surface area contributed by atoms with Crippen molar-refractivity contribution < 1.29 is 9.53 Å². The van der Waals surface area contributed by atoms with E-state index in [0.717, 1.165) is 75.5 Å². The highest BCUT2D eigenvalue weighted by Crippen LogP contribution is 2.37. The number of carbonyl (C=O) groups is 1. The monoisotopic (exact) mass is 439 g/mol. The van der Waals surface area contributed by atoms with E-state index in [1.54, 1.807) is 0 Å². The van der Waals surface area contributed by atoms with Gasteiger partial charge in [0.1, 0.15) is 0 Å². The molecule has 174 valence electrons. The first-order valence-corrected chi connectivity index (χ1v) is 11.9. The number of aromatic amines is 1. The summed E-state index contributed by atoms with van der Waals surface area (Å²) in [6.07, 6.45) is 4.12. The highest BCUT2D eigenvalue weighted by molar-refractivity contribution is 5.93. The molecule has 1 amide bonds. The molecule has 2 aliphatic heterocycles. The molecule has 2 fully saturated rings. The van der Waals surface area contributed by atoms with Gasteiger partial charge < -0.3 is 10.1 Å². The Balaban J connectivity index is 1.31. The predicted molar refractivity (Wildman–Crippen MR) is 127 cm³/mol. The SMILES string of the molecule is CCN(CC(=O)Nc1c(C)n[nH]c1C)C1CCOC2(CCN(Cc3ccccc3)CC2)C1. The summed E-state index contributed by atoms with van der Waals surface area (Å²) >= 11 is 0. The zero-order valence-electron chi connectivity index (χ0n) is 19.7. The number of amides is 1. The average molecular weight is 440 g/mol. The van der Waals surface area contributed by atoms with Crippen molar-refractivity contribution in [1.82, 2.24) is 20.0 Å². The Labute approximate surface area is 191 Å². The second kappa shape index (κ2) is 10.1. The Morgan fingerprint density at radius 2 is 2.03 bits per heavy atom. The molecule has 1 spiro atoms. The van der Waals surface area contributed by atoms with E-state index >= 15 is 0 Å². The number of likely N-dealkylation sites (N-methyl/N-ethyl adjacent to an activating group) is 1. The lowest BCUT2D eigenvalue weighted by atomic mass is 9.81. The Hall–Kier alpha value is -2.22. The fourth-order valence-electron chi connectivity index (χ4n) is 5.22. The van der Waals surface area contributed by atoms with Crippen LogP contribution in [0.1, 0.15) is 49.6 Å². The van der Waals surface area contributed by atoms with E-state index in [1.807, 2.05) is 13.8 Å². The van der Waals surface area contributed by atoms with Crippen molar-refractivity contribution in [2.45, 2.75) is 64.6 Å². The van der Waals surface area contributed by atoms with Crippen LogP contribution in [0.15, 0.2) is 30.3 Å². The molecule has 2 aliphatic rings. The van der Waals surface area contributed by atoms with Gasteiger partial charge in [0.15, 0.2) is 0 Å². The zero-order chi connectivity index (χ0) is 22.6. The molecule has 1 unspecified atom stereocenters. The molecule has 7 nitrogen and oxygen atoms in total. The number of nitrogens with one attached hydrogen (secondary N) is 2. The van der Waals surface area contributed by atoms with Crippen molar-refractivity contribution in [3.05, 3.63) is 47.3 Å². The number of hydrogen-bond acceptors (Lipinski definition) is 5. The molecule has 1 aromatic carbocycles. The summed E-state index contributed by atoms with van der Waals surface area (Å²) in [6.45, 7) is 11.2. The molecular formula is C25H37N5O2. The van der Waals surface area contributed by atoms with E-state index in [-0.39, 0.29) is 11.5 Å². The third kappa shape index (κ3) is 5.39. The molecule has 4 rings (SSSR count). The Kier molecular flexibility index (Phi) is 7.28. The summed E-state index contributed by atoms with van der Waals surface area (Å²) in [5.41, 5.74) is 3.85. The van der Waals surface area contributed by atoms with Crippen molar-refractivity contribution in [1.29, 1.82) is 0 Å². The van der Waals surface area contributed by atoms with E-state index in [0.29, 0.717) is 12.6 Å². The number of likely N-dealkylation sites (tertiary alicyclic amines) is 1. The molecule has 32 heavy (non-hydrogen) atoms. The molecule has 2 saturated heterocycles. The minimum Gasteiger partial charge on any atom is -0.375 e. The fourth-order valence-corrected chi connectivity index (χ4v) is 5.22. The Bertz CT molecular complexity index is 869. The topological polar surface area (TPSA) is 73.5 Å². The van der Waals surface area contributed by atoms with Gasteiger partial charge in [-0.3, -0.25) is 19.7 Å². The summed E-state index contributed by atoms with van der Waals surface area (Å²) in [5, 5.41) is 10.2. The maximum absolute atomic E-state index is 12.8. The molecule has 0 bridgehead atoms. The molecule has 0 radical (unpaired) electrons. The number of nitrogens with zero attached hydrogens (tertiary/aromatic N) is 3. The van der Waals surface area contributed by atoms with E-state index in [1.165, 1.54) is 5.56 Å². The van der Waals surface area contributed by atoms with Crippen LogP contribution >= 0.6 is 0 Å². The minimum absolute atomic E-state index is 0.0256. The quantitative estimate of drug-likeness (QED) is 0.691. The number of benzene rings is 1. The van der Waals surface area contributed by atoms with Crippen molar-refractivity contribution in [3.63, 3.8) is 0 Å². The number of H-pyrrole nitrogens is 1. The molecule has 0 aliphatic carbocycles. The largest absolute Gasteiger partial charge is 0.375 e. The van der Waals surface area contributed by atoms with Crippen molar-refractivity contribution in [3.8, 4) is 0 Å². The fraction of sp³-hybridized carbons (Fsp3) is 0.600. The second-order valence-corrected chi connectivity index (χ2v) is 9.36. The number of carbonyl (C=O) groups excluding carboxylic acids is 1. The first-order valence-electron chi connectivity index (χ1n) is 11.9. The van der Waals surface area contributed by atoms with Gasteiger partial charge in [-0.15, -0.1) is 0 Å². The zero-order valence-corrected chi connectivity index (χ0v) is 19.7. The van der Waals surface area contributed by atoms with Gasteiger partial charge in [-0.05, 0) is 51.6 Å². The minimum atomic E-state index is -0.0439. The highest BCUT2D eigenvalue weighted by Gasteiger charge is 2.41. The van der Waals surface area contributed by atoms with E-state index in [9.17, 15) is 4.79 Å². The van der Waals surface area contributed by atoms with Crippen LogP contribution in [-0.2, 0) is 16.1 Å². The van der Waals surface area contributed by atoms with Gasteiger partial charge in [-0.1, -0.05) is 37.3 Å². The predicted octanol–water partition coefficient (Wildman–Crippen LogP) is 3.50. The highest BCUT2D eigenvalue weighted by atomic mass is 16.5. The van der Waals surface area contributed by atoms with Crippen LogP contribution in [0.3, 0.4) is 0 Å². The van der Waals surface area contributed by atoms with Gasteiger partial charge in [0.25, 0.3) is 0 Å². The lowest BCUT2D eigenvalue weighted by Gasteiger charge is -2.48. The van der Waals surface area contributed by atoms with Gasteiger partial charge in [0.05, 0.1) is 29.2 Å². The summed E-state index contributed by atoms with van der Waals surface area (Å²) < 4.78 is 6.39. The number of aromatic nitrogens is 2. The summed E-state index contributed by atoms with van der Waals surface area (Å²) in [5.74, 6) is 0.0256. The molecule has 1 atom stereocenters. The number of ether oxygens (including phenoxy) is 1. The average Bonchev–Trinajstić information content (AvgIpc) is 3.12. The van der Waals surface area contributed by atoms with Gasteiger partial charge >= 0.3 is 0 Å². The van der Waals surface area contributed by atoms with Crippen LogP contribution in [0.25, 0.3) is 0 Å². The van der Waals surface area contributed by atoms with E-state index < -0.39 is 0 Å². The summed E-state index contributed by atoms with van der Waals surface area (Å²) in [4.78, 5) is 17.6. The third-order valence-electron chi connectivity index (χ3n) is 7.15. The molecule has 2 aromatic rings. The van der Waals surface area contributed by atoms with Gasteiger partial charge in [-0.2, -0.15) is 5.10 Å². The van der Waals surface area contributed by atoms with Crippen LogP contribution in [-0.4, -0.2) is 70.3 Å².